The van der Waals surface area contributed by atoms with Gasteiger partial charge in [0.05, 0.1) is 0 Å². The van der Waals surface area contributed by atoms with E-state index in [0.29, 0.717) is 17.4 Å². The van der Waals surface area contributed by atoms with Crippen molar-refractivity contribution in [2.45, 2.75) is 6.54 Å². The topological polar surface area (TPSA) is 64.9 Å². The Balaban J connectivity index is 3.07. The quantitative estimate of drug-likeness (QED) is 0.592. The van der Waals surface area contributed by atoms with Gasteiger partial charge < -0.3 is 11.5 Å². The van der Waals surface area contributed by atoms with Crippen LogP contribution in [-0.4, -0.2) is 4.98 Å². The second kappa shape index (κ2) is 2.86. The van der Waals surface area contributed by atoms with Gasteiger partial charge in [0.1, 0.15) is 5.15 Å². The predicted octanol–water partition coefficient (Wildman–Crippen LogP) is 0.776. The Hall–Kier alpha value is -0.800. The van der Waals surface area contributed by atoms with E-state index in [1.54, 1.807) is 12.3 Å². The van der Waals surface area contributed by atoms with E-state index >= 15 is 0 Å². The van der Waals surface area contributed by atoms with Crippen molar-refractivity contribution < 1.29 is 0 Å². The van der Waals surface area contributed by atoms with Crippen molar-refractivity contribution in [1.82, 2.24) is 4.98 Å². The van der Waals surface area contributed by atoms with Crippen molar-refractivity contribution in [3.8, 4) is 0 Å². The number of nitrogens with two attached hydrogens (primary N) is 2. The van der Waals surface area contributed by atoms with Gasteiger partial charge in [-0.3, -0.25) is 0 Å². The first-order chi connectivity index (χ1) is 4.74. The van der Waals surface area contributed by atoms with Crippen LogP contribution in [-0.2, 0) is 6.54 Å². The zero-order valence-corrected chi connectivity index (χ0v) is 6.10. The summed E-state index contributed by atoms with van der Waals surface area (Å²) < 4.78 is 0. The summed E-state index contributed by atoms with van der Waals surface area (Å²) in [5.74, 6) is 0. The third kappa shape index (κ3) is 1.37. The molecule has 1 aromatic heterocycles. The first-order valence-electron chi connectivity index (χ1n) is 2.84. The summed E-state index contributed by atoms with van der Waals surface area (Å²) in [6.07, 6.45) is 1.58. The minimum Gasteiger partial charge on any atom is -0.398 e. The van der Waals surface area contributed by atoms with Crippen LogP contribution in [0, 0.1) is 0 Å². The van der Waals surface area contributed by atoms with Crippen molar-refractivity contribution in [1.29, 1.82) is 0 Å². The highest BCUT2D eigenvalue weighted by Crippen LogP contribution is 2.13. The first kappa shape index (κ1) is 7.31. The van der Waals surface area contributed by atoms with Gasteiger partial charge in [0.25, 0.3) is 0 Å². The lowest BCUT2D eigenvalue weighted by atomic mass is 10.2. The summed E-state index contributed by atoms with van der Waals surface area (Å²) >= 11 is 5.54. The van der Waals surface area contributed by atoms with Gasteiger partial charge in [-0.1, -0.05) is 11.6 Å². The van der Waals surface area contributed by atoms with Gasteiger partial charge >= 0.3 is 0 Å². The third-order valence-corrected chi connectivity index (χ3v) is 1.42. The molecule has 54 valence electrons. The lowest BCUT2D eigenvalue weighted by molar-refractivity contribution is 1.05. The Morgan fingerprint density at radius 1 is 1.60 bits per heavy atom. The molecule has 0 aliphatic carbocycles. The van der Waals surface area contributed by atoms with E-state index in [1.807, 2.05) is 0 Å². The molecule has 0 spiro atoms. The normalized spacial score (nSPS) is 9.80. The Morgan fingerprint density at radius 3 is 2.80 bits per heavy atom. The molecular weight excluding hydrogens is 150 g/mol. The fourth-order valence-corrected chi connectivity index (χ4v) is 0.809. The SMILES string of the molecule is NCc1cnc(Cl)cc1N. The van der Waals surface area contributed by atoms with Crippen LogP contribution in [0.15, 0.2) is 12.3 Å². The zero-order chi connectivity index (χ0) is 7.56. The van der Waals surface area contributed by atoms with Gasteiger partial charge in [-0.25, -0.2) is 4.98 Å². The number of pyridine rings is 1. The van der Waals surface area contributed by atoms with Gasteiger partial charge in [0, 0.05) is 24.0 Å². The summed E-state index contributed by atoms with van der Waals surface area (Å²) in [7, 11) is 0. The number of nitrogens with zero attached hydrogens (tertiary/aromatic N) is 1. The second-order valence-corrected chi connectivity index (χ2v) is 2.30. The summed E-state index contributed by atoms with van der Waals surface area (Å²) in [5, 5.41) is 0.398. The summed E-state index contributed by atoms with van der Waals surface area (Å²) in [4.78, 5) is 3.82. The van der Waals surface area contributed by atoms with Crippen LogP contribution in [0.5, 0.6) is 0 Å². The van der Waals surface area contributed by atoms with Crippen LogP contribution >= 0.6 is 11.6 Å². The summed E-state index contributed by atoms with van der Waals surface area (Å²) in [6.45, 7) is 0.399. The lowest BCUT2D eigenvalue weighted by Crippen LogP contribution is -2.01. The summed E-state index contributed by atoms with van der Waals surface area (Å²) in [6, 6.07) is 1.59. The molecule has 0 aromatic carbocycles. The van der Waals surface area contributed by atoms with Gasteiger partial charge in [0.15, 0.2) is 0 Å². The fourth-order valence-electron chi connectivity index (χ4n) is 0.643. The second-order valence-electron chi connectivity index (χ2n) is 1.91. The average molecular weight is 158 g/mol. The van der Waals surface area contributed by atoms with Crippen molar-refractivity contribution >= 4 is 17.3 Å². The van der Waals surface area contributed by atoms with Gasteiger partial charge in [-0.2, -0.15) is 0 Å². The molecule has 4 N–H and O–H groups in total. The molecule has 0 radical (unpaired) electrons. The molecule has 0 atom stereocenters. The van der Waals surface area contributed by atoms with Crippen LogP contribution in [0.1, 0.15) is 5.56 Å². The maximum Gasteiger partial charge on any atom is 0.131 e. The van der Waals surface area contributed by atoms with Gasteiger partial charge in [-0.05, 0) is 6.07 Å². The van der Waals surface area contributed by atoms with Crippen LogP contribution in [0.4, 0.5) is 5.69 Å². The number of rotatable bonds is 1. The van der Waals surface area contributed by atoms with E-state index in [0.717, 1.165) is 5.56 Å². The molecule has 0 aliphatic rings. The molecule has 4 heteroatoms. The fraction of sp³-hybridized carbons (Fsp3) is 0.167. The number of hydrogen-bond donors (Lipinski definition) is 2. The molecule has 10 heavy (non-hydrogen) atoms. The Labute approximate surface area is 64.0 Å². The van der Waals surface area contributed by atoms with E-state index in [1.165, 1.54) is 0 Å². The standard InChI is InChI=1S/C6H8ClN3/c7-6-1-5(9)4(2-8)3-10-6/h1,3H,2,8H2,(H2,9,10). The molecule has 3 nitrogen and oxygen atoms in total. The highest BCUT2D eigenvalue weighted by molar-refractivity contribution is 6.29. The molecule has 0 bridgehead atoms. The van der Waals surface area contributed by atoms with Crippen LogP contribution in [0.3, 0.4) is 0 Å². The maximum atomic E-state index is 5.54. The number of anilines is 1. The molecule has 1 rings (SSSR count). The van der Waals surface area contributed by atoms with E-state index in [-0.39, 0.29) is 0 Å². The number of nitrogen functional groups attached to an aromatic ring is 1. The monoisotopic (exact) mass is 157 g/mol. The minimum absolute atomic E-state index is 0.398. The molecule has 0 fully saturated rings. The number of halogens is 1. The van der Waals surface area contributed by atoms with Crippen LogP contribution in [0.25, 0.3) is 0 Å². The van der Waals surface area contributed by atoms with E-state index in [4.69, 9.17) is 23.1 Å². The molecular formula is C6H8ClN3. The highest BCUT2D eigenvalue weighted by Gasteiger charge is 1.96. The van der Waals surface area contributed by atoms with Crippen molar-refractivity contribution in [2.75, 3.05) is 5.73 Å². The number of aromatic nitrogens is 1. The Morgan fingerprint density at radius 2 is 2.30 bits per heavy atom. The molecule has 0 amide bonds. The van der Waals surface area contributed by atoms with E-state index < -0.39 is 0 Å². The molecule has 0 saturated carbocycles. The first-order valence-corrected chi connectivity index (χ1v) is 3.22. The van der Waals surface area contributed by atoms with Crippen molar-refractivity contribution in [2.24, 2.45) is 5.73 Å². The van der Waals surface area contributed by atoms with E-state index in [9.17, 15) is 0 Å². The smallest absolute Gasteiger partial charge is 0.131 e. The van der Waals surface area contributed by atoms with Crippen LogP contribution < -0.4 is 11.5 Å². The number of hydrogen-bond acceptors (Lipinski definition) is 3. The van der Waals surface area contributed by atoms with Gasteiger partial charge in [0.2, 0.25) is 0 Å². The van der Waals surface area contributed by atoms with Crippen molar-refractivity contribution in [3.63, 3.8) is 0 Å². The molecule has 0 saturated heterocycles. The summed E-state index contributed by atoms with van der Waals surface area (Å²) in [5.41, 5.74) is 12.3. The largest absolute Gasteiger partial charge is 0.398 e. The van der Waals surface area contributed by atoms with Gasteiger partial charge in [-0.15, -0.1) is 0 Å². The molecule has 0 unspecified atom stereocenters. The Bertz CT molecular complexity index is 236. The van der Waals surface area contributed by atoms with Crippen molar-refractivity contribution in [3.05, 3.63) is 23.0 Å². The molecule has 1 heterocycles. The maximum absolute atomic E-state index is 5.54. The lowest BCUT2D eigenvalue weighted by Gasteiger charge is -2.00. The predicted molar refractivity (Wildman–Crippen MR) is 41.6 cm³/mol. The minimum atomic E-state index is 0.398. The average Bonchev–Trinajstić information content (AvgIpc) is 1.88. The third-order valence-electron chi connectivity index (χ3n) is 1.21. The zero-order valence-electron chi connectivity index (χ0n) is 5.34. The Kier molecular flexibility index (Phi) is 2.09. The van der Waals surface area contributed by atoms with E-state index in [2.05, 4.69) is 4.98 Å². The highest BCUT2D eigenvalue weighted by atomic mass is 35.5. The molecule has 0 aliphatic heterocycles. The van der Waals surface area contributed by atoms with Crippen LogP contribution in [0.2, 0.25) is 5.15 Å². The molecule has 1 aromatic rings.